The lowest BCUT2D eigenvalue weighted by atomic mass is 10.2. The maximum atomic E-state index is 11.6. The summed E-state index contributed by atoms with van der Waals surface area (Å²) in [6, 6.07) is 5.78. The molecule has 0 aliphatic heterocycles. The molecule has 6 nitrogen and oxygen atoms in total. The number of hydrogen-bond donors (Lipinski definition) is 2. The maximum Gasteiger partial charge on any atom is 0.264 e. The Labute approximate surface area is 118 Å². The van der Waals surface area contributed by atoms with Crippen LogP contribution in [0.1, 0.15) is 12.5 Å². The van der Waals surface area contributed by atoms with Crippen molar-refractivity contribution in [2.45, 2.75) is 13.3 Å². The molecule has 0 saturated heterocycles. The number of nitrogens with one attached hydrogen (secondary N) is 2. The molecule has 0 saturated carbocycles. The van der Waals surface area contributed by atoms with Gasteiger partial charge >= 0.3 is 0 Å². The van der Waals surface area contributed by atoms with Crippen molar-refractivity contribution in [3.63, 3.8) is 0 Å². The number of carbonyl (C=O) groups is 1. The van der Waals surface area contributed by atoms with Crippen LogP contribution in [0.5, 0.6) is 5.75 Å². The normalized spacial score (nSPS) is 10.2. The van der Waals surface area contributed by atoms with Crippen LogP contribution in [0.4, 0.5) is 5.95 Å². The van der Waals surface area contributed by atoms with E-state index in [9.17, 15) is 4.79 Å². The molecular formula is C12H13BrN4O2. The van der Waals surface area contributed by atoms with Gasteiger partial charge in [0.2, 0.25) is 5.95 Å². The third-order valence-corrected chi connectivity index (χ3v) is 3.06. The van der Waals surface area contributed by atoms with Crippen molar-refractivity contribution < 1.29 is 9.53 Å². The van der Waals surface area contributed by atoms with Gasteiger partial charge in [-0.3, -0.25) is 10.1 Å². The Kier molecular flexibility index (Phi) is 4.51. The number of carbonyl (C=O) groups excluding carboxylic acids is 1. The van der Waals surface area contributed by atoms with Crippen molar-refractivity contribution in [3.8, 4) is 5.75 Å². The topological polar surface area (TPSA) is 79.9 Å². The number of aromatic nitrogens is 3. The fraction of sp³-hybridized carbons (Fsp3) is 0.250. The van der Waals surface area contributed by atoms with Crippen molar-refractivity contribution in [1.82, 2.24) is 15.2 Å². The standard InChI is InChI=1S/C12H13BrN4O2/c1-2-8-3-4-10(9(13)5-8)19-6-11(18)16-12-14-7-15-17-12/h3-5,7H,2,6H2,1H3,(H2,14,15,16,17,18). The summed E-state index contributed by atoms with van der Waals surface area (Å²) in [6.07, 6.45) is 2.27. The molecule has 1 amide bonds. The van der Waals surface area contributed by atoms with E-state index in [1.807, 2.05) is 18.2 Å². The molecule has 0 fully saturated rings. The second kappa shape index (κ2) is 6.33. The van der Waals surface area contributed by atoms with Crippen molar-refractivity contribution in [3.05, 3.63) is 34.6 Å². The Morgan fingerprint density at radius 3 is 3.00 bits per heavy atom. The summed E-state index contributed by atoms with van der Waals surface area (Å²) >= 11 is 3.41. The summed E-state index contributed by atoms with van der Waals surface area (Å²) in [7, 11) is 0. The molecule has 1 aromatic carbocycles. The minimum absolute atomic E-state index is 0.0925. The highest BCUT2D eigenvalue weighted by Gasteiger charge is 2.07. The molecule has 1 aromatic heterocycles. The Morgan fingerprint density at radius 2 is 2.37 bits per heavy atom. The Hall–Kier alpha value is -1.89. The van der Waals surface area contributed by atoms with Gasteiger partial charge < -0.3 is 4.74 Å². The van der Waals surface area contributed by atoms with Crippen LogP contribution in [0.15, 0.2) is 29.0 Å². The van der Waals surface area contributed by atoms with Gasteiger partial charge in [-0.25, -0.2) is 5.10 Å². The van der Waals surface area contributed by atoms with Crippen LogP contribution in [0.25, 0.3) is 0 Å². The molecular weight excluding hydrogens is 312 g/mol. The van der Waals surface area contributed by atoms with Gasteiger partial charge in [0, 0.05) is 0 Å². The third kappa shape index (κ3) is 3.78. The van der Waals surface area contributed by atoms with Gasteiger partial charge in [-0.05, 0) is 40.0 Å². The zero-order chi connectivity index (χ0) is 13.7. The third-order valence-electron chi connectivity index (χ3n) is 2.44. The highest BCUT2D eigenvalue weighted by atomic mass is 79.9. The lowest BCUT2D eigenvalue weighted by Crippen LogP contribution is -2.21. The monoisotopic (exact) mass is 324 g/mol. The Balaban J connectivity index is 1.90. The van der Waals surface area contributed by atoms with Crippen LogP contribution in [-0.4, -0.2) is 27.7 Å². The van der Waals surface area contributed by atoms with Crippen LogP contribution in [-0.2, 0) is 11.2 Å². The quantitative estimate of drug-likeness (QED) is 0.883. The first-order valence-corrected chi connectivity index (χ1v) is 6.54. The number of halogens is 1. The molecule has 0 aliphatic carbocycles. The van der Waals surface area contributed by atoms with Crippen LogP contribution >= 0.6 is 15.9 Å². The molecule has 2 rings (SSSR count). The molecule has 7 heteroatoms. The molecule has 0 bridgehead atoms. The van der Waals surface area contributed by atoms with Crippen LogP contribution < -0.4 is 10.1 Å². The van der Waals surface area contributed by atoms with Crippen LogP contribution in [0, 0.1) is 0 Å². The molecule has 0 aliphatic rings. The van der Waals surface area contributed by atoms with Crippen LogP contribution in [0.2, 0.25) is 0 Å². The van der Waals surface area contributed by atoms with E-state index < -0.39 is 0 Å². The van der Waals surface area contributed by atoms with E-state index >= 15 is 0 Å². The highest BCUT2D eigenvalue weighted by molar-refractivity contribution is 9.10. The molecule has 2 aromatic rings. The van der Waals surface area contributed by atoms with E-state index in [-0.39, 0.29) is 12.5 Å². The largest absolute Gasteiger partial charge is 0.483 e. The summed E-state index contributed by atoms with van der Waals surface area (Å²) < 4.78 is 6.26. The van der Waals surface area contributed by atoms with Gasteiger partial charge in [-0.2, -0.15) is 10.1 Å². The molecule has 0 unspecified atom stereocenters. The van der Waals surface area contributed by atoms with Gasteiger partial charge in [0.25, 0.3) is 5.91 Å². The van der Waals surface area contributed by atoms with Gasteiger partial charge in [-0.1, -0.05) is 13.0 Å². The SMILES string of the molecule is CCc1ccc(OCC(=O)Nc2ncn[nH]2)c(Br)c1. The zero-order valence-electron chi connectivity index (χ0n) is 10.3. The number of ether oxygens (including phenoxy) is 1. The maximum absolute atomic E-state index is 11.6. The lowest BCUT2D eigenvalue weighted by Gasteiger charge is -2.08. The number of aromatic amines is 1. The number of nitrogens with zero attached hydrogens (tertiary/aromatic N) is 2. The average molecular weight is 325 g/mol. The van der Waals surface area contributed by atoms with Crippen molar-refractivity contribution in [1.29, 1.82) is 0 Å². The van der Waals surface area contributed by atoms with Gasteiger partial charge in [0.1, 0.15) is 12.1 Å². The summed E-state index contributed by atoms with van der Waals surface area (Å²) in [4.78, 5) is 15.4. The molecule has 0 spiro atoms. The number of aryl methyl sites for hydroxylation is 1. The predicted molar refractivity (Wildman–Crippen MR) is 74.0 cm³/mol. The predicted octanol–water partition coefficient (Wildman–Crippen LogP) is 2.15. The summed E-state index contributed by atoms with van der Waals surface area (Å²) in [5, 5.41) is 8.69. The van der Waals surface area contributed by atoms with E-state index in [4.69, 9.17) is 4.74 Å². The first-order chi connectivity index (χ1) is 9.19. The number of rotatable bonds is 5. The molecule has 100 valence electrons. The van der Waals surface area contributed by atoms with Gasteiger partial charge in [0.15, 0.2) is 6.61 Å². The lowest BCUT2D eigenvalue weighted by molar-refractivity contribution is -0.118. The fourth-order valence-electron chi connectivity index (χ4n) is 1.46. The molecule has 1 heterocycles. The zero-order valence-corrected chi connectivity index (χ0v) is 11.9. The molecule has 0 radical (unpaired) electrons. The Bertz CT molecular complexity index is 557. The smallest absolute Gasteiger partial charge is 0.264 e. The molecule has 19 heavy (non-hydrogen) atoms. The molecule has 0 atom stereocenters. The van der Waals surface area contributed by atoms with Crippen molar-refractivity contribution in [2.75, 3.05) is 11.9 Å². The second-order valence-electron chi connectivity index (χ2n) is 3.79. The number of amides is 1. The van der Waals surface area contributed by atoms with E-state index in [1.54, 1.807) is 0 Å². The Morgan fingerprint density at radius 1 is 1.53 bits per heavy atom. The fourth-order valence-corrected chi connectivity index (χ4v) is 2.00. The van der Waals surface area contributed by atoms with Crippen molar-refractivity contribution in [2.24, 2.45) is 0 Å². The highest BCUT2D eigenvalue weighted by Crippen LogP contribution is 2.26. The molecule has 2 N–H and O–H groups in total. The summed E-state index contributed by atoms with van der Waals surface area (Å²) in [5.41, 5.74) is 1.20. The van der Waals surface area contributed by atoms with Gasteiger partial charge in [-0.15, -0.1) is 0 Å². The minimum atomic E-state index is -0.303. The first-order valence-electron chi connectivity index (χ1n) is 5.75. The minimum Gasteiger partial charge on any atom is -0.483 e. The van der Waals surface area contributed by atoms with E-state index in [0.717, 1.165) is 10.9 Å². The van der Waals surface area contributed by atoms with Crippen LogP contribution in [0.3, 0.4) is 0 Å². The van der Waals surface area contributed by atoms with Gasteiger partial charge in [0.05, 0.1) is 4.47 Å². The summed E-state index contributed by atoms with van der Waals surface area (Å²) in [5.74, 6) is 0.627. The van der Waals surface area contributed by atoms with Crippen molar-refractivity contribution >= 4 is 27.8 Å². The summed E-state index contributed by atoms with van der Waals surface area (Å²) in [6.45, 7) is 1.98. The second-order valence-corrected chi connectivity index (χ2v) is 4.64. The van der Waals surface area contributed by atoms with E-state index in [0.29, 0.717) is 11.7 Å². The number of H-pyrrole nitrogens is 1. The number of anilines is 1. The van der Waals surface area contributed by atoms with E-state index in [1.165, 1.54) is 11.9 Å². The number of benzene rings is 1. The average Bonchev–Trinajstić information content (AvgIpc) is 2.90. The van der Waals surface area contributed by atoms with E-state index in [2.05, 4.69) is 43.4 Å². The number of hydrogen-bond acceptors (Lipinski definition) is 4. The first kappa shape index (κ1) is 13.5.